The van der Waals surface area contributed by atoms with Gasteiger partial charge in [0.05, 0.1) is 23.6 Å². The Morgan fingerprint density at radius 3 is 2.40 bits per heavy atom. The maximum atomic E-state index is 15.4. The monoisotopic (exact) mass is 641 g/mol. The van der Waals surface area contributed by atoms with Crippen LogP contribution in [0.25, 0.3) is 0 Å². The van der Waals surface area contributed by atoms with Gasteiger partial charge in [0.2, 0.25) is 6.41 Å². The first kappa shape index (κ1) is 33.3. The second-order valence-electron chi connectivity index (χ2n) is 11.7. The number of carbonyl (C=O) groups excluding carboxylic acids is 3. The van der Waals surface area contributed by atoms with Crippen LogP contribution in [0, 0.1) is 23.0 Å². The van der Waals surface area contributed by atoms with Crippen molar-refractivity contribution in [2.75, 3.05) is 13.1 Å². The molecule has 3 amide bonds. The van der Waals surface area contributed by atoms with Crippen LogP contribution in [-0.4, -0.2) is 47.6 Å². The minimum absolute atomic E-state index is 0.00259. The molecule has 2 aliphatic rings. The van der Waals surface area contributed by atoms with E-state index >= 15 is 4.39 Å². The minimum Gasteiger partial charge on any atom is -0.457 e. The van der Waals surface area contributed by atoms with Gasteiger partial charge in [0.1, 0.15) is 24.3 Å². The number of nitriles is 1. The second kappa shape index (κ2) is 15.0. The fourth-order valence-electron chi connectivity index (χ4n) is 6.38. The SMILES string of the molecule is CCC1=C(C(=O)OCc2ccccc2)C(c2ccc(F)cc2F)N(N(C=O)CCNC2CCC(C#N)(c3ccccc3)CC2)C(=O)N1. The molecule has 0 radical (unpaired) electrons. The summed E-state index contributed by atoms with van der Waals surface area (Å²) < 4.78 is 35.0. The number of hydrazine groups is 1. The molecule has 2 N–H and O–H groups in total. The van der Waals surface area contributed by atoms with E-state index < -0.39 is 35.1 Å². The third-order valence-electron chi connectivity index (χ3n) is 8.90. The zero-order chi connectivity index (χ0) is 33.4. The molecule has 3 aromatic rings. The lowest BCUT2D eigenvalue weighted by Gasteiger charge is -2.42. The summed E-state index contributed by atoms with van der Waals surface area (Å²) >= 11 is 0. The molecule has 1 unspecified atom stereocenters. The van der Waals surface area contributed by atoms with Crippen molar-refractivity contribution in [3.05, 3.63) is 118 Å². The average molecular weight is 642 g/mol. The van der Waals surface area contributed by atoms with Gasteiger partial charge >= 0.3 is 12.0 Å². The van der Waals surface area contributed by atoms with Gasteiger partial charge in [-0.25, -0.2) is 23.4 Å². The molecule has 9 nitrogen and oxygen atoms in total. The van der Waals surface area contributed by atoms with Crippen molar-refractivity contribution in [2.45, 2.75) is 63.1 Å². The molecular formula is C36H37F2N5O4. The Morgan fingerprint density at radius 1 is 1.11 bits per heavy atom. The number of amides is 3. The Bertz CT molecular complexity index is 1650. The van der Waals surface area contributed by atoms with Gasteiger partial charge in [-0.15, -0.1) is 0 Å². The van der Waals surface area contributed by atoms with E-state index in [2.05, 4.69) is 16.7 Å². The van der Waals surface area contributed by atoms with Crippen molar-refractivity contribution in [1.82, 2.24) is 20.7 Å². The van der Waals surface area contributed by atoms with E-state index in [1.54, 1.807) is 31.2 Å². The van der Waals surface area contributed by atoms with E-state index in [1.165, 1.54) is 0 Å². The molecule has 0 aromatic heterocycles. The minimum atomic E-state index is -1.41. The van der Waals surface area contributed by atoms with Crippen LogP contribution in [0.1, 0.15) is 61.8 Å². The fourth-order valence-corrected chi connectivity index (χ4v) is 6.38. The number of hydrogen-bond acceptors (Lipinski definition) is 6. The molecule has 5 rings (SSSR count). The Kier molecular flexibility index (Phi) is 10.6. The van der Waals surface area contributed by atoms with Crippen molar-refractivity contribution < 1.29 is 27.9 Å². The van der Waals surface area contributed by atoms with Crippen LogP contribution in [0.4, 0.5) is 13.6 Å². The third kappa shape index (κ3) is 7.34. The predicted octanol–water partition coefficient (Wildman–Crippen LogP) is 5.81. The van der Waals surface area contributed by atoms with Gasteiger partial charge in [-0.3, -0.25) is 9.80 Å². The largest absolute Gasteiger partial charge is 0.457 e. The number of ether oxygens (including phenoxy) is 1. The summed E-state index contributed by atoms with van der Waals surface area (Å²) in [6, 6.07) is 22.0. The highest BCUT2D eigenvalue weighted by molar-refractivity contribution is 5.95. The number of hydrogen-bond donors (Lipinski definition) is 2. The normalized spacial score (nSPS) is 21.1. The van der Waals surface area contributed by atoms with E-state index in [1.807, 2.05) is 36.4 Å². The number of carbonyl (C=O) groups is 3. The molecule has 11 heteroatoms. The molecule has 1 aliphatic heterocycles. The molecule has 244 valence electrons. The van der Waals surface area contributed by atoms with Crippen molar-refractivity contribution in [3.8, 4) is 6.07 Å². The van der Waals surface area contributed by atoms with Gasteiger partial charge < -0.3 is 15.4 Å². The molecule has 1 aliphatic carbocycles. The van der Waals surface area contributed by atoms with Crippen LogP contribution in [0.15, 0.2) is 90.1 Å². The molecule has 3 aromatic carbocycles. The lowest BCUT2D eigenvalue weighted by Crippen LogP contribution is -2.57. The van der Waals surface area contributed by atoms with E-state index in [0.717, 1.165) is 46.1 Å². The fraction of sp³-hybridized carbons (Fsp3) is 0.333. The maximum absolute atomic E-state index is 15.4. The van der Waals surface area contributed by atoms with Gasteiger partial charge in [0, 0.05) is 29.9 Å². The topological polar surface area (TPSA) is 115 Å². The number of nitrogens with one attached hydrogen (secondary N) is 2. The Morgan fingerprint density at radius 2 is 1.79 bits per heavy atom. The van der Waals surface area contributed by atoms with Crippen LogP contribution in [0.2, 0.25) is 0 Å². The lowest BCUT2D eigenvalue weighted by atomic mass is 9.69. The first-order chi connectivity index (χ1) is 22.8. The number of allylic oxidation sites excluding steroid dienone is 1. The van der Waals surface area contributed by atoms with Crippen LogP contribution in [-0.2, 0) is 26.3 Å². The standard InChI is InChI=1S/C36H37F2N5O4/c1-2-31-32(34(45)47-22-25-9-5-3-6-10-25)33(29-14-13-27(37)21-30(29)38)43(35(46)41-31)42(24-44)20-19-40-28-15-17-36(23-39,18-16-28)26-11-7-4-8-12-26/h3-14,21,24,28,33,40H,2,15-20,22H2,1H3,(H,41,46). The summed E-state index contributed by atoms with van der Waals surface area (Å²) in [7, 11) is 0. The predicted molar refractivity (Wildman–Crippen MR) is 170 cm³/mol. The molecule has 47 heavy (non-hydrogen) atoms. The van der Waals surface area contributed by atoms with Crippen LogP contribution < -0.4 is 10.6 Å². The van der Waals surface area contributed by atoms with E-state index in [9.17, 15) is 24.0 Å². The first-order valence-corrected chi connectivity index (χ1v) is 15.7. The van der Waals surface area contributed by atoms with Crippen LogP contribution in [0.3, 0.4) is 0 Å². The molecule has 1 heterocycles. The Hall–Kier alpha value is -5.08. The summed E-state index contributed by atoms with van der Waals surface area (Å²) in [4.78, 5) is 39.7. The highest BCUT2D eigenvalue weighted by Crippen LogP contribution is 2.40. The number of esters is 1. The molecule has 1 fully saturated rings. The molecule has 0 bridgehead atoms. The zero-order valence-electron chi connectivity index (χ0n) is 26.1. The number of rotatable bonds is 12. The van der Waals surface area contributed by atoms with E-state index in [0.29, 0.717) is 25.3 Å². The third-order valence-corrected chi connectivity index (χ3v) is 8.90. The maximum Gasteiger partial charge on any atom is 0.341 e. The lowest BCUT2D eigenvalue weighted by molar-refractivity contribution is -0.144. The van der Waals surface area contributed by atoms with E-state index in [4.69, 9.17) is 4.74 Å². The van der Waals surface area contributed by atoms with Gasteiger partial charge in [-0.1, -0.05) is 73.7 Å². The summed E-state index contributed by atoms with van der Waals surface area (Å²) in [5, 5.41) is 18.2. The van der Waals surface area contributed by atoms with E-state index in [-0.39, 0.29) is 49.0 Å². The smallest absolute Gasteiger partial charge is 0.341 e. The van der Waals surface area contributed by atoms with Crippen molar-refractivity contribution in [1.29, 1.82) is 5.26 Å². The van der Waals surface area contributed by atoms with Gasteiger partial charge in [0.15, 0.2) is 0 Å². The number of nitrogens with zero attached hydrogens (tertiary/aromatic N) is 3. The van der Waals surface area contributed by atoms with Crippen LogP contribution in [0.5, 0.6) is 0 Å². The Labute approximate surface area is 272 Å². The summed E-state index contributed by atoms with van der Waals surface area (Å²) in [5.41, 5.74) is 1.15. The zero-order valence-corrected chi connectivity index (χ0v) is 26.1. The molecule has 0 spiro atoms. The highest BCUT2D eigenvalue weighted by atomic mass is 19.1. The average Bonchev–Trinajstić information content (AvgIpc) is 3.10. The van der Waals surface area contributed by atoms with Gasteiger partial charge in [0.25, 0.3) is 0 Å². The quantitative estimate of drug-likeness (QED) is 0.191. The summed E-state index contributed by atoms with van der Waals surface area (Å²) in [5.74, 6) is -2.62. The van der Waals surface area contributed by atoms with Crippen molar-refractivity contribution in [2.24, 2.45) is 0 Å². The molecular weight excluding hydrogens is 604 g/mol. The number of benzene rings is 3. The molecule has 0 saturated heterocycles. The Balaban J connectivity index is 1.35. The number of urea groups is 1. The second-order valence-corrected chi connectivity index (χ2v) is 11.7. The molecule has 1 atom stereocenters. The van der Waals surface area contributed by atoms with Crippen LogP contribution >= 0.6 is 0 Å². The highest BCUT2D eigenvalue weighted by Gasteiger charge is 2.43. The van der Waals surface area contributed by atoms with Crippen molar-refractivity contribution in [3.63, 3.8) is 0 Å². The van der Waals surface area contributed by atoms with Gasteiger partial charge in [-0.2, -0.15) is 5.26 Å². The molecule has 1 saturated carbocycles. The summed E-state index contributed by atoms with van der Waals surface area (Å²) in [6.07, 6.45) is 3.45. The van der Waals surface area contributed by atoms with Crippen molar-refractivity contribution >= 4 is 18.4 Å². The first-order valence-electron chi connectivity index (χ1n) is 15.7. The number of halogens is 2. The summed E-state index contributed by atoms with van der Waals surface area (Å²) in [6.45, 7) is 1.92. The van der Waals surface area contributed by atoms with Gasteiger partial charge in [-0.05, 0) is 49.3 Å².